The molecule has 25 heavy (non-hydrogen) atoms. The Morgan fingerprint density at radius 3 is 2.48 bits per heavy atom. The van der Waals surface area contributed by atoms with Crippen molar-refractivity contribution in [3.8, 4) is 0 Å². The number of para-hydroxylation sites is 1. The molecule has 0 spiro atoms. The van der Waals surface area contributed by atoms with Crippen LogP contribution in [0.1, 0.15) is 24.8 Å². The van der Waals surface area contributed by atoms with Gasteiger partial charge in [-0.3, -0.25) is 0 Å². The van der Waals surface area contributed by atoms with E-state index in [-0.39, 0.29) is 5.82 Å². The number of anilines is 2. The predicted molar refractivity (Wildman–Crippen MR) is 107 cm³/mol. The maximum absolute atomic E-state index is 13.0. The fourth-order valence-corrected chi connectivity index (χ4v) is 3.35. The third-order valence-electron chi connectivity index (χ3n) is 4.54. The van der Waals surface area contributed by atoms with Gasteiger partial charge in [0.25, 0.3) is 0 Å². The summed E-state index contributed by atoms with van der Waals surface area (Å²) in [6.45, 7) is 2.98. The van der Waals surface area contributed by atoms with Gasteiger partial charge in [0.2, 0.25) is 0 Å². The summed E-state index contributed by atoms with van der Waals surface area (Å²) < 4.78 is 13.0. The lowest BCUT2D eigenvalue weighted by Gasteiger charge is -2.32. The number of halogens is 1. The maximum Gasteiger partial charge on any atom is 0.173 e. The number of hydrogen-bond donors (Lipinski definition) is 1. The van der Waals surface area contributed by atoms with E-state index < -0.39 is 0 Å². The second-order valence-electron chi connectivity index (χ2n) is 6.47. The Morgan fingerprint density at radius 2 is 1.76 bits per heavy atom. The van der Waals surface area contributed by atoms with Gasteiger partial charge in [-0.15, -0.1) is 0 Å². The number of hydrogen-bond acceptors (Lipinski definition) is 2. The van der Waals surface area contributed by atoms with E-state index in [1.165, 1.54) is 42.6 Å². The molecule has 0 unspecified atom stereocenters. The first kappa shape index (κ1) is 17.7. The fraction of sp³-hybridized carbons (Fsp3) is 0.350. The molecule has 0 radical (unpaired) electrons. The fourth-order valence-electron chi connectivity index (χ4n) is 3.17. The van der Waals surface area contributed by atoms with Gasteiger partial charge in [0.1, 0.15) is 5.82 Å². The van der Waals surface area contributed by atoms with Crippen molar-refractivity contribution in [2.45, 2.75) is 25.8 Å². The van der Waals surface area contributed by atoms with Crippen LogP contribution in [0.3, 0.4) is 0 Å². The van der Waals surface area contributed by atoms with Crippen molar-refractivity contribution < 1.29 is 4.39 Å². The van der Waals surface area contributed by atoms with E-state index in [0.717, 1.165) is 25.3 Å². The van der Waals surface area contributed by atoms with Crippen molar-refractivity contribution in [1.29, 1.82) is 0 Å². The molecule has 0 saturated carbocycles. The van der Waals surface area contributed by atoms with Crippen LogP contribution in [-0.2, 0) is 6.54 Å². The van der Waals surface area contributed by atoms with Gasteiger partial charge in [0.05, 0.1) is 0 Å². The molecule has 3 nitrogen and oxygen atoms in total. The van der Waals surface area contributed by atoms with Gasteiger partial charge in [-0.2, -0.15) is 0 Å². The summed E-state index contributed by atoms with van der Waals surface area (Å²) in [4.78, 5) is 4.49. The molecule has 1 aliphatic rings. The monoisotopic (exact) mass is 357 g/mol. The van der Waals surface area contributed by atoms with Gasteiger partial charge in [0.15, 0.2) is 5.11 Å². The quantitative estimate of drug-likeness (QED) is 0.803. The third kappa shape index (κ3) is 4.69. The highest BCUT2D eigenvalue weighted by molar-refractivity contribution is 7.80. The lowest BCUT2D eigenvalue weighted by molar-refractivity contribution is 0.505. The van der Waals surface area contributed by atoms with Crippen molar-refractivity contribution in [2.24, 2.45) is 0 Å². The second kappa shape index (κ2) is 8.30. The molecular formula is C20H24FN3S. The van der Waals surface area contributed by atoms with Crippen LogP contribution < -0.4 is 10.2 Å². The maximum atomic E-state index is 13.0. The molecule has 1 aliphatic heterocycles. The Hall–Kier alpha value is -2.14. The summed E-state index contributed by atoms with van der Waals surface area (Å²) in [5.74, 6) is -0.250. The molecule has 1 heterocycles. The van der Waals surface area contributed by atoms with E-state index in [2.05, 4.69) is 34.5 Å². The molecule has 2 aromatic rings. The van der Waals surface area contributed by atoms with Crippen LogP contribution in [0, 0.1) is 5.82 Å². The number of thiocarbonyl (C=S) groups is 1. The van der Waals surface area contributed by atoms with Crippen LogP contribution >= 0.6 is 12.2 Å². The molecule has 1 fully saturated rings. The van der Waals surface area contributed by atoms with E-state index in [0.29, 0.717) is 5.11 Å². The summed E-state index contributed by atoms with van der Waals surface area (Å²) in [5.41, 5.74) is 3.37. The largest absolute Gasteiger partial charge is 0.371 e. The van der Waals surface area contributed by atoms with Gasteiger partial charge in [-0.1, -0.05) is 18.2 Å². The summed E-state index contributed by atoms with van der Waals surface area (Å²) in [6, 6.07) is 14.8. The van der Waals surface area contributed by atoms with E-state index in [9.17, 15) is 4.39 Å². The molecule has 0 aliphatic carbocycles. The van der Waals surface area contributed by atoms with Gasteiger partial charge >= 0.3 is 0 Å². The van der Waals surface area contributed by atoms with Gasteiger partial charge in [0, 0.05) is 38.1 Å². The van der Waals surface area contributed by atoms with E-state index in [4.69, 9.17) is 12.2 Å². The van der Waals surface area contributed by atoms with Crippen LogP contribution in [0.15, 0.2) is 48.5 Å². The minimum atomic E-state index is -0.250. The molecule has 3 rings (SSSR count). The molecule has 0 bridgehead atoms. The zero-order valence-electron chi connectivity index (χ0n) is 14.5. The highest BCUT2D eigenvalue weighted by Gasteiger charge is 2.15. The lowest BCUT2D eigenvalue weighted by Crippen LogP contribution is -2.33. The summed E-state index contributed by atoms with van der Waals surface area (Å²) in [6.07, 6.45) is 3.84. The molecule has 132 valence electrons. The van der Waals surface area contributed by atoms with Gasteiger partial charge < -0.3 is 15.1 Å². The second-order valence-corrected chi connectivity index (χ2v) is 6.86. The summed E-state index contributed by atoms with van der Waals surface area (Å²) in [5, 5.41) is 3.79. The van der Waals surface area contributed by atoms with Crippen molar-refractivity contribution >= 4 is 28.7 Å². The number of nitrogens with one attached hydrogen (secondary N) is 1. The van der Waals surface area contributed by atoms with Crippen molar-refractivity contribution in [1.82, 2.24) is 4.90 Å². The zero-order valence-corrected chi connectivity index (χ0v) is 15.4. The average Bonchev–Trinajstić information content (AvgIpc) is 2.64. The Morgan fingerprint density at radius 1 is 1.08 bits per heavy atom. The molecule has 2 aromatic carbocycles. The van der Waals surface area contributed by atoms with Crippen molar-refractivity contribution in [2.75, 3.05) is 30.4 Å². The van der Waals surface area contributed by atoms with Crippen LogP contribution in [0.2, 0.25) is 0 Å². The topological polar surface area (TPSA) is 18.5 Å². The van der Waals surface area contributed by atoms with E-state index >= 15 is 0 Å². The average molecular weight is 357 g/mol. The molecule has 0 amide bonds. The molecule has 1 saturated heterocycles. The van der Waals surface area contributed by atoms with Gasteiger partial charge in [-0.25, -0.2) is 4.39 Å². The molecular weight excluding hydrogens is 333 g/mol. The normalized spacial score (nSPS) is 14.2. The molecule has 5 heteroatoms. The van der Waals surface area contributed by atoms with Crippen molar-refractivity contribution in [3.63, 3.8) is 0 Å². The van der Waals surface area contributed by atoms with Crippen LogP contribution in [0.25, 0.3) is 0 Å². The number of rotatable bonds is 4. The van der Waals surface area contributed by atoms with E-state index in [1.54, 1.807) is 12.1 Å². The number of piperidine rings is 1. The third-order valence-corrected chi connectivity index (χ3v) is 4.95. The minimum Gasteiger partial charge on any atom is -0.371 e. The Labute approximate surface area is 154 Å². The highest BCUT2D eigenvalue weighted by Crippen LogP contribution is 2.25. The summed E-state index contributed by atoms with van der Waals surface area (Å²) in [7, 11) is 1.98. The Bertz CT molecular complexity index is 711. The van der Waals surface area contributed by atoms with E-state index in [1.807, 2.05) is 11.9 Å². The molecule has 1 N–H and O–H groups in total. The molecule has 0 aromatic heterocycles. The van der Waals surface area contributed by atoms with Crippen LogP contribution in [0.4, 0.5) is 15.8 Å². The Kier molecular flexibility index (Phi) is 5.87. The SMILES string of the molecule is CN(Cc1ccccc1N1CCCCC1)C(=S)Nc1ccc(F)cc1. The first-order valence-electron chi connectivity index (χ1n) is 8.74. The van der Waals surface area contributed by atoms with Crippen LogP contribution in [-0.4, -0.2) is 30.1 Å². The lowest BCUT2D eigenvalue weighted by atomic mass is 10.1. The smallest absolute Gasteiger partial charge is 0.173 e. The Balaban J connectivity index is 1.66. The zero-order chi connectivity index (χ0) is 17.6. The molecule has 0 atom stereocenters. The van der Waals surface area contributed by atoms with Crippen molar-refractivity contribution in [3.05, 3.63) is 59.9 Å². The predicted octanol–water partition coefficient (Wildman–Crippen LogP) is 4.64. The number of nitrogens with zero attached hydrogens (tertiary/aromatic N) is 2. The number of benzene rings is 2. The summed E-state index contributed by atoms with van der Waals surface area (Å²) >= 11 is 5.50. The standard InChI is InChI=1S/C20H24FN3S/c1-23(20(25)22-18-11-9-17(21)10-12-18)15-16-7-3-4-8-19(16)24-13-5-2-6-14-24/h3-4,7-12H,2,5-6,13-15H2,1H3,(H,22,25). The van der Waals surface area contributed by atoms with Crippen LogP contribution in [0.5, 0.6) is 0 Å². The van der Waals surface area contributed by atoms with Gasteiger partial charge in [-0.05, 0) is 67.4 Å². The first-order valence-corrected chi connectivity index (χ1v) is 9.15. The minimum absolute atomic E-state index is 0.250. The first-order chi connectivity index (χ1) is 12.1. The highest BCUT2D eigenvalue weighted by atomic mass is 32.1.